The third-order valence-corrected chi connectivity index (χ3v) is 8.94. The van der Waals surface area contributed by atoms with E-state index in [4.69, 9.17) is 14.0 Å². The molecule has 0 radical (unpaired) electrons. The molecule has 1 aromatic heterocycles. The Hall–Kier alpha value is -3.70. The van der Waals surface area contributed by atoms with Crippen molar-refractivity contribution in [3.8, 4) is 11.6 Å². The van der Waals surface area contributed by atoms with Crippen LogP contribution in [0.25, 0.3) is 5.76 Å². The number of aliphatic hydroxyl groups is 2. The van der Waals surface area contributed by atoms with Gasteiger partial charge in [0.1, 0.15) is 17.1 Å². The maximum absolute atomic E-state index is 14.4. The van der Waals surface area contributed by atoms with Crippen molar-refractivity contribution in [3.63, 3.8) is 0 Å². The molecular weight excluding hydrogens is 554 g/mol. The third kappa shape index (κ3) is 4.73. The van der Waals surface area contributed by atoms with Crippen LogP contribution in [0.1, 0.15) is 89.6 Å². The van der Waals surface area contributed by atoms with Gasteiger partial charge in [-0.15, -0.1) is 0 Å². The highest BCUT2D eigenvalue weighted by molar-refractivity contribution is 6.26. The summed E-state index contributed by atoms with van der Waals surface area (Å²) in [6.45, 7) is 4.68. The predicted molar refractivity (Wildman–Crippen MR) is 159 cm³/mol. The Balaban J connectivity index is 1.68. The lowest BCUT2D eigenvalue weighted by Gasteiger charge is -2.49. The molecule has 3 aliphatic carbocycles. The number of fused-ring (bicyclic) bond motifs is 4. The summed E-state index contributed by atoms with van der Waals surface area (Å²) in [6, 6.07) is 0.918. The molecule has 1 aromatic carbocycles. The summed E-state index contributed by atoms with van der Waals surface area (Å²) >= 11 is 0. The number of ether oxygens (including phenoxy) is 2. The highest BCUT2D eigenvalue weighted by Gasteiger charge is 2.65. The van der Waals surface area contributed by atoms with Gasteiger partial charge >= 0.3 is 0 Å². The summed E-state index contributed by atoms with van der Waals surface area (Å²) in [5, 5.41) is 28.1. The molecule has 0 amide bonds. The summed E-state index contributed by atoms with van der Waals surface area (Å²) in [5.74, 6) is -2.93. The molecule has 0 bridgehead atoms. The van der Waals surface area contributed by atoms with E-state index >= 15 is 0 Å². The Bertz CT molecular complexity index is 1480. The molecule has 1 saturated carbocycles. The van der Waals surface area contributed by atoms with Crippen LogP contribution in [0, 0.1) is 11.8 Å². The normalized spacial score (nSPS) is 24.3. The lowest BCUT2D eigenvalue weighted by Crippen LogP contribution is -2.63. The molecular formula is C32H41N3O8. The first-order chi connectivity index (χ1) is 20.5. The number of carbonyl (C=O) groups excluding carboxylic acids is 3. The third-order valence-electron chi connectivity index (χ3n) is 8.94. The number of Topliss-reactive ketones (excluding diaryl/α,β-unsaturated/α-hetero) is 2. The summed E-state index contributed by atoms with van der Waals surface area (Å²) in [6.07, 6.45) is 4.49. The highest BCUT2D eigenvalue weighted by Crippen LogP contribution is 2.56. The van der Waals surface area contributed by atoms with Crippen LogP contribution >= 0.6 is 0 Å². The van der Waals surface area contributed by atoms with E-state index in [9.17, 15) is 24.6 Å². The van der Waals surface area contributed by atoms with Gasteiger partial charge in [-0.25, -0.2) is 0 Å². The minimum absolute atomic E-state index is 0.00522. The zero-order valence-corrected chi connectivity index (χ0v) is 25.7. The molecule has 3 aliphatic rings. The van der Waals surface area contributed by atoms with E-state index in [0.29, 0.717) is 42.0 Å². The van der Waals surface area contributed by atoms with Crippen molar-refractivity contribution in [2.45, 2.75) is 64.0 Å². The van der Waals surface area contributed by atoms with E-state index in [-0.39, 0.29) is 40.7 Å². The van der Waals surface area contributed by atoms with Crippen LogP contribution in [0.4, 0.5) is 5.69 Å². The number of unbranched alkanes of at least 4 members (excludes halogenated alkanes) is 2. The van der Waals surface area contributed by atoms with Gasteiger partial charge in [0.05, 0.1) is 30.5 Å². The summed E-state index contributed by atoms with van der Waals surface area (Å²) in [4.78, 5) is 44.3. The summed E-state index contributed by atoms with van der Waals surface area (Å²) < 4.78 is 17.5. The van der Waals surface area contributed by atoms with Crippen molar-refractivity contribution >= 4 is 29.3 Å². The first-order valence-corrected chi connectivity index (χ1v) is 15.0. The lowest BCUT2D eigenvalue weighted by atomic mass is 9.57. The van der Waals surface area contributed by atoms with Crippen molar-refractivity contribution in [1.29, 1.82) is 0 Å². The van der Waals surface area contributed by atoms with E-state index in [1.54, 1.807) is 25.1 Å². The minimum atomic E-state index is -2.47. The average molecular weight is 596 g/mol. The second kappa shape index (κ2) is 11.8. The number of aliphatic hydroxyl groups excluding tert-OH is 1. The van der Waals surface area contributed by atoms with Crippen molar-refractivity contribution in [2.75, 3.05) is 46.3 Å². The van der Waals surface area contributed by atoms with Gasteiger partial charge < -0.3 is 29.1 Å². The maximum Gasteiger partial charge on any atom is 0.265 e. The van der Waals surface area contributed by atoms with E-state index in [0.717, 1.165) is 32.0 Å². The summed E-state index contributed by atoms with van der Waals surface area (Å²) in [5.41, 5.74) is -0.479. The van der Waals surface area contributed by atoms with Crippen molar-refractivity contribution in [1.82, 2.24) is 10.1 Å². The number of aromatic nitrogens is 1. The lowest BCUT2D eigenvalue weighted by molar-refractivity contribution is -0.142. The van der Waals surface area contributed by atoms with Gasteiger partial charge in [-0.3, -0.25) is 19.3 Å². The Morgan fingerprint density at radius 2 is 1.74 bits per heavy atom. The fourth-order valence-electron chi connectivity index (χ4n) is 6.97. The molecule has 1 fully saturated rings. The molecule has 11 heteroatoms. The Morgan fingerprint density at radius 3 is 2.35 bits per heavy atom. The number of nitrogens with zero attached hydrogens (tertiary/aromatic N) is 3. The monoisotopic (exact) mass is 595 g/mol. The molecule has 43 heavy (non-hydrogen) atoms. The Morgan fingerprint density at radius 1 is 1.07 bits per heavy atom. The first kappa shape index (κ1) is 30.7. The largest absolute Gasteiger partial charge is 0.507 e. The number of hydrogen-bond donors (Lipinski definition) is 2. The molecule has 5 rings (SSSR count). The average Bonchev–Trinajstić information content (AvgIpc) is 3.37. The number of rotatable bonds is 11. The van der Waals surface area contributed by atoms with Gasteiger partial charge in [0.2, 0.25) is 11.6 Å². The van der Waals surface area contributed by atoms with Gasteiger partial charge in [-0.2, -0.15) is 0 Å². The standard InChI is InChI=1S/C32H41N3O8/c1-7-9-11-41-21-15-18(16-36)25(34(3)4)19-13-17-14-20-26(35(5)6)28-24(31(33-43-28)42-12-10-8-2)30(39)32(20,40)29(38)22(17)27(37)23(19)21/h15-17,20,26,37,40H,7-14H2,1-6H3/t17-,20-,26-,32-/m0/s1. The molecule has 11 nitrogen and oxygen atoms in total. The van der Waals surface area contributed by atoms with Crippen LogP contribution in [-0.4, -0.2) is 85.1 Å². The smallest absolute Gasteiger partial charge is 0.265 e. The Labute approximate surface area is 251 Å². The van der Waals surface area contributed by atoms with Crippen molar-refractivity contribution < 1.29 is 38.6 Å². The van der Waals surface area contributed by atoms with Crippen LogP contribution in [-0.2, 0) is 11.2 Å². The van der Waals surface area contributed by atoms with Gasteiger partial charge in [-0.1, -0.05) is 26.7 Å². The molecule has 0 saturated heterocycles. The predicted octanol–water partition coefficient (Wildman–Crippen LogP) is 4.17. The number of aldehydes is 1. The van der Waals surface area contributed by atoms with E-state index in [2.05, 4.69) is 5.16 Å². The molecule has 0 unspecified atom stereocenters. The molecule has 0 aliphatic heterocycles. The van der Waals surface area contributed by atoms with Gasteiger partial charge in [0.15, 0.2) is 17.6 Å². The van der Waals surface area contributed by atoms with Crippen LogP contribution in [0.15, 0.2) is 16.2 Å². The number of carbonyl (C=O) groups is 3. The maximum atomic E-state index is 14.4. The molecule has 2 aromatic rings. The summed E-state index contributed by atoms with van der Waals surface area (Å²) in [7, 11) is 7.20. The van der Waals surface area contributed by atoms with Crippen LogP contribution in [0.2, 0.25) is 0 Å². The molecule has 232 valence electrons. The topological polar surface area (TPSA) is 143 Å². The van der Waals surface area contributed by atoms with E-state index in [1.165, 1.54) is 0 Å². The van der Waals surface area contributed by atoms with Crippen LogP contribution < -0.4 is 14.4 Å². The SMILES string of the molecule is CCCCOc1cc(C=O)c(N(C)C)c2c1C(O)=C1C(=O)[C@]3(O)C(=O)c4c(OCCCC)noc4[C@@H](N(C)C)[C@@H]3C[C@@H]1C2. The number of hydrogen-bond acceptors (Lipinski definition) is 11. The quantitative estimate of drug-likeness (QED) is 0.219. The number of benzene rings is 1. The number of ketones is 2. The van der Waals surface area contributed by atoms with Crippen molar-refractivity contribution in [3.05, 3.63) is 39.7 Å². The van der Waals surface area contributed by atoms with E-state index in [1.807, 2.05) is 32.8 Å². The molecule has 2 N–H and O–H groups in total. The molecule has 1 heterocycles. The fraction of sp³-hybridized carbons (Fsp3) is 0.562. The van der Waals surface area contributed by atoms with Gasteiger partial charge in [0, 0.05) is 31.1 Å². The second-order valence-corrected chi connectivity index (χ2v) is 12.1. The van der Waals surface area contributed by atoms with Gasteiger partial charge in [0.25, 0.3) is 5.88 Å². The highest BCUT2D eigenvalue weighted by atomic mass is 16.5. The first-order valence-electron chi connectivity index (χ1n) is 15.0. The van der Waals surface area contributed by atoms with Gasteiger partial charge in [-0.05, 0) is 62.5 Å². The van der Waals surface area contributed by atoms with E-state index < -0.39 is 35.0 Å². The zero-order valence-electron chi connectivity index (χ0n) is 25.7. The Kier molecular flexibility index (Phi) is 8.41. The molecule has 0 spiro atoms. The van der Waals surface area contributed by atoms with Crippen molar-refractivity contribution in [2.24, 2.45) is 11.8 Å². The fourth-order valence-corrected chi connectivity index (χ4v) is 6.97. The number of anilines is 1. The molecule has 4 atom stereocenters. The van der Waals surface area contributed by atoms with Crippen LogP contribution in [0.5, 0.6) is 11.6 Å². The minimum Gasteiger partial charge on any atom is -0.507 e. The second-order valence-electron chi connectivity index (χ2n) is 12.1. The van der Waals surface area contributed by atoms with Crippen LogP contribution in [0.3, 0.4) is 0 Å². The zero-order chi connectivity index (χ0) is 31.2.